The van der Waals surface area contributed by atoms with Crippen molar-refractivity contribution in [2.75, 3.05) is 6.54 Å². The summed E-state index contributed by atoms with van der Waals surface area (Å²) in [4.78, 5) is 8.24. The highest BCUT2D eigenvalue weighted by molar-refractivity contribution is 5.47. The van der Waals surface area contributed by atoms with E-state index < -0.39 is 0 Å². The summed E-state index contributed by atoms with van der Waals surface area (Å²) in [6.45, 7) is 7.01. The van der Waals surface area contributed by atoms with E-state index in [1.165, 1.54) is 12.1 Å². The average molecular weight is 264 g/mol. The Hall–Kier alpha value is -1.82. The van der Waals surface area contributed by atoms with Crippen LogP contribution in [0.1, 0.15) is 32.6 Å². The van der Waals surface area contributed by atoms with Gasteiger partial charge in [-0.25, -0.2) is 9.37 Å². The van der Waals surface area contributed by atoms with Crippen molar-refractivity contribution in [1.29, 1.82) is 0 Å². The van der Waals surface area contributed by atoms with E-state index in [2.05, 4.69) is 27.4 Å². The first-order valence-electron chi connectivity index (χ1n) is 6.30. The molecule has 2 aromatic heterocycles. The third kappa shape index (κ3) is 3.14. The van der Waals surface area contributed by atoms with Crippen LogP contribution in [0.15, 0.2) is 22.9 Å². The van der Waals surface area contributed by atoms with Gasteiger partial charge in [0.1, 0.15) is 11.5 Å². The van der Waals surface area contributed by atoms with Crippen LogP contribution in [0, 0.1) is 5.82 Å². The molecule has 0 saturated carbocycles. The zero-order valence-corrected chi connectivity index (χ0v) is 11.2. The Bertz CT molecular complexity index is 526. The van der Waals surface area contributed by atoms with Crippen molar-refractivity contribution in [1.82, 2.24) is 20.4 Å². The van der Waals surface area contributed by atoms with Gasteiger partial charge in [0, 0.05) is 6.04 Å². The Morgan fingerprint density at radius 2 is 2.16 bits per heavy atom. The quantitative estimate of drug-likeness (QED) is 0.898. The molecule has 2 rings (SSSR count). The molecule has 5 nitrogen and oxygen atoms in total. The SMILES string of the molecule is CCNC(C)C(C)c1nc(-c2ccc(F)cn2)no1. The molecule has 0 aliphatic carbocycles. The Labute approximate surface area is 111 Å². The summed E-state index contributed by atoms with van der Waals surface area (Å²) in [7, 11) is 0. The first-order valence-corrected chi connectivity index (χ1v) is 6.30. The summed E-state index contributed by atoms with van der Waals surface area (Å²) in [6.07, 6.45) is 1.13. The van der Waals surface area contributed by atoms with Crippen LogP contribution >= 0.6 is 0 Å². The third-order valence-corrected chi connectivity index (χ3v) is 3.06. The zero-order valence-electron chi connectivity index (χ0n) is 11.2. The van der Waals surface area contributed by atoms with Crippen LogP contribution in [-0.4, -0.2) is 27.7 Å². The van der Waals surface area contributed by atoms with E-state index >= 15 is 0 Å². The van der Waals surface area contributed by atoms with Crippen molar-refractivity contribution in [3.05, 3.63) is 30.0 Å². The van der Waals surface area contributed by atoms with Crippen LogP contribution in [0.3, 0.4) is 0 Å². The van der Waals surface area contributed by atoms with E-state index in [0.29, 0.717) is 17.4 Å². The fraction of sp³-hybridized carbons (Fsp3) is 0.462. The van der Waals surface area contributed by atoms with Crippen molar-refractivity contribution in [3.8, 4) is 11.5 Å². The number of aromatic nitrogens is 3. The van der Waals surface area contributed by atoms with E-state index in [4.69, 9.17) is 4.52 Å². The second-order valence-corrected chi connectivity index (χ2v) is 4.45. The minimum atomic E-state index is -0.387. The minimum Gasteiger partial charge on any atom is -0.339 e. The van der Waals surface area contributed by atoms with Crippen molar-refractivity contribution >= 4 is 0 Å². The number of halogens is 1. The Balaban J connectivity index is 2.16. The maximum absolute atomic E-state index is 12.8. The maximum atomic E-state index is 12.8. The van der Waals surface area contributed by atoms with Gasteiger partial charge in [0.25, 0.3) is 0 Å². The van der Waals surface area contributed by atoms with Crippen molar-refractivity contribution in [3.63, 3.8) is 0 Å². The topological polar surface area (TPSA) is 63.8 Å². The van der Waals surface area contributed by atoms with Crippen molar-refractivity contribution in [2.45, 2.75) is 32.7 Å². The number of likely N-dealkylation sites (N-methyl/N-ethyl adjacent to an activating group) is 1. The number of hydrogen-bond donors (Lipinski definition) is 1. The molecule has 19 heavy (non-hydrogen) atoms. The van der Waals surface area contributed by atoms with Crippen molar-refractivity contribution < 1.29 is 8.91 Å². The highest BCUT2D eigenvalue weighted by atomic mass is 19.1. The van der Waals surface area contributed by atoms with Gasteiger partial charge in [-0.3, -0.25) is 0 Å². The molecule has 6 heteroatoms. The fourth-order valence-corrected chi connectivity index (χ4v) is 1.74. The molecule has 2 heterocycles. The van der Waals surface area contributed by atoms with E-state index in [0.717, 1.165) is 12.7 Å². The molecular weight excluding hydrogens is 247 g/mol. The van der Waals surface area contributed by atoms with Crippen LogP contribution in [-0.2, 0) is 0 Å². The van der Waals surface area contributed by atoms with Gasteiger partial charge in [-0.1, -0.05) is 19.0 Å². The molecule has 2 atom stereocenters. The lowest BCUT2D eigenvalue weighted by Crippen LogP contribution is -2.30. The lowest BCUT2D eigenvalue weighted by Gasteiger charge is -2.16. The van der Waals surface area contributed by atoms with Crippen LogP contribution in [0.2, 0.25) is 0 Å². The number of rotatable bonds is 5. The smallest absolute Gasteiger partial charge is 0.231 e. The molecule has 0 bridgehead atoms. The second kappa shape index (κ2) is 5.88. The van der Waals surface area contributed by atoms with Gasteiger partial charge in [-0.2, -0.15) is 4.98 Å². The van der Waals surface area contributed by atoms with Crippen LogP contribution in [0.25, 0.3) is 11.5 Å². The molecule has 0 aliphatic heterocycles. The zero-order chi connectivity index (χ0) is 13.8. The average Bonchev–Trinajstić information content (AvgIpc) is 2.88. The number of nitrogens with zero attached hydrogens (tertiary/aromatic N) is 3. The lowest BCUT2D eigenvalue weighted by atomic mass is 10.0. The summed E-state index contributed by atoms with van der Waals surface area (Å²) < 4.78 is 18.0. The van der Waals surface area contributed by atoms with Gasteiger partial charge in [0.15, 0.2) is 0 Å². The molecular formula is C13H17FN4O. The summed E-state index contributed by atoms with van der Waals surface area (Å²) in [5, 5.41) is 7.19. The molecule has 0 fully saturated rings. The summed E-state index contributed by atoms with van der Waals surface area (Å²) in [5.41, 5.74) is 0.500. The number of pyridine rings is 1. The predicted octanol–water partition coefficient (Wildman–Crippen LogP) is 2.37. The van der Waals surface area contributed by atoms with Crippen LogP contribution in [0.4, 0.5) is 4.39 Å². The fourth-order valence-electron chi connectivity index (χ4n) is 1.74. The Morgan fingerprint density at radius 3 is 2.79 bits per heavy atom. The molecule has 1 N–H and O–H groups in total. The molecule has 0 aliphatic rings. The first-order chi connectivity index (χ1) is 9.11. The van der Waals surface area contributed by atoms with E-state index in [1.54, 1.807) is 0 Å². The molecule has 0 aromatic carbocycles. The molecule has 0 spiro atoms. The number of nitrogens with one attached hydrogen (secondary N) is 1. The Morgan fingerprint density at radius 1 is 1.37 bits per heavy atom. The molecule has 102 valence electrons. The molecule has 0 amide bonds. The van der Waals surface area contributed by atoms with Gasteiger partial charge < -0.3 is 9.84 Å². The summed E-state index contributed by atoms with van der Waals surface area (Å²) in [6, 6.07) is 3.09. The molecule has 2 unspecified atom stereocenters. The Kier molecular flexibility index (Phi) is 4.21. The normalized spacial score (nSPS) is 14.3. The van der Waals surface area contributed by atoms with Crippen LogP contribution in [0.5, 0.6) is 0 Å². The monoisotopic (exact) mass is 264 g/mol. The number of hydrogen-bond acceptors (Lipinski definition) is 5. The van der Waals surface area contributed by atoms with Gasteiger partial charge in [0.2, 0.25) is 11.7 Å². The van der Waals surface area contributed by atoms with E-state index in [-0.39, 0.29) is 17.8 Å². The highest BCUT2D eigenvalue weighted by Gasteiger charge is 2.20. The second-order valence-electron chi connectivity index (χ2n) is 4.45. The summed E-state index contributed by atoms with van der Waals surface area (Å²) in [5.74, 6) is 0.642. The van der Waals surface area contributed by atoms with Gasteiger partial charge in [-0.05, 0) is 25.6 Å². The lowest BCUT2D eigenvalue weighted by molar-refractivity contribution is 0.332. The predicted molar refractivity (Wildman–Crippen MR) is 69.0 cm³/mol. The standard InChI is InChI=1S/C13H17FN4O/c1-4-15-9(3)8(2)13-17-12(18-19-13)11-6-5-10(14)7-16-11/h5-9,15H,4H2,1-3H3. The minimum absolute atomic E-state index is 0.0987. The third-order valence-electron chi connectivity index (χ3n) is 3.06. The molecule has 0 radical (unpaired) electrons. The summed E-state index contributed by atoms with van der Waals surface area (Å²) >= 11 is 0. The van der Waals surface area contributed by atoms with Gasteiger partial charge >= 0.3 is 0 Å². The van der Waals surface area contributed by atoms with Gasteiger partial charge in [-0.15, -0.1) is 0 Å². The molecule has 2 aromatic rings. The van der Waals surface area contributed by atoms with Gasteiger partial charge in [0.05, 0.1) is 12.1 Å². The van der Waals surface area contributed by atoms with Crippen molar-refractivity contribution in [2.24, 2.45) is 0 Å². The molecule has 0 saturated heterocycles. The largest absolute Gasteiger partial charge is 0.339 e. The van der Waals surface area contributed by atoms with Crippen LogP contribution < -0.4 is 5.32 Å². The first kappa shape index (κ1) is 13.6. The van der Waals surface area contributed by atoms with E-state index in [9.17, 15) is 4.39 Å². The maximum Gasteiger partial charge on any atom is 0.231 e. The van der Waals surface area contributed by atoms with E-state index in [1.807, 2.05) is 13.8 Å². The highest BCUT2D eigenvalue weighted by Crippen LogP contribution is 2.20.